The molecular weight excluding hydrogens is 374 g/mol. The van der Waals surface area contributed by atoms with Crippen LogP contribution in [0.3, 0.4) is 0 Å². The van der Waals surface area contributed by atoms with Gasteiger partial charge in [-0.1, -0.05) is 11.6 Å². The van der Waals surface area contributed by atoms with Crippen molar-refractivity contribution in [2.75, 3.05) is 6.54 Å². The smallest absolute Gasteiger partial charge is 0.333 e. The third-order valence-electron chi connectivity index (χ3n) is 4.61. The van der Waals surface area contributed by atoms with Gasteiger partial charge in [0.1, 0.15) is 6.54 Å². The Morgan fingerprint density at radius 2 is 2.20 bits per heavy atom. The lowest BCUT2D eigenvalue weighted by atomic mass is 10.2. The van der Waals surface area contributed by atoms with Gasteiger partial charge in [0.25, 0.3) is 6.43 Å². The zero-order valence-electron chi connectivity index (χ0n) is 13.1. The highest BCUT2D eigenvalue weighted by Crippen LogP contribution is 2.51. The minimum Gasteiger partial charge on any atom is -0.333 e. The highest BCUT2D eigenvalue weighted by molar-refractivity contribution is 7.16. The van der Waals surface area contributed by atoms with E-state index in [0.717, 1.165) is 16.0 Å². The van der Waals surface area contributed by atoms with Crippen LogP contribution in [-0.4, -0.2) is 38.1 Å². The van der Waals surface area contributed by atoms with Crippen LogP contribution < -0.4 is 5.69 Å². The predicted molar refractivity (Wildman–Crippen MR) is 88.1 cm³/mol. The summed E-state index contributed by atoms with van der Waals surface area (Å²) >= 11 is 7.43. The van der Waals surface area contributed by atoms with Crippen LogP contribution in [0.2, 0.25) is 4.34 Å². The summed E-state index contributed by atoms with van der Waals surface area (Å²) in [5.74, 6) is 0.514. The molecule has 2 aliphatic rings. The Morgan fingerprint density at radius 3 is 2.88 bits per heavy atom. The van der Waals surface area contributed by atoms with Crippen molar-refractivity contribution < 1.29 is 13.6 Å². The van der Waals surface area contributed by atoms with Crippen LogP contribution >= 0.6 is 22.9 Å². The number of rotatable bonds is 4. The van der Waals surface area contributed by atoms with Crippen LogP contribution in [-0.2, 0) is 24.4 Å². The number of carbonyl (C=O) groups is 1. The molecule has 6 nitrogen and oxygen atoms in total. The van der Waals surface area contributed by atoms with E-state index in [0.29, 0.717) is 16.7 Å². The Hall–Kier alpha value is -1.74. The Kier molecular flexibility index (Phi) is 4.15. The molecule has 1 amide bonds. The lowest BCUT2D eigenvalue weighted by Gasteiger charge is -2.26. The van der Waals surface area contributed by atoms with E-state index in [4.69, 9.17) is 11.6 Å². The average Bonchev–Trinajstić information content (AvgIpc) is 3.16. The molecule has 0 saturated heterocycles. The summed E-state index contributed by atoms with van der Waals surface area (Å²) in [6, 6.07) is 3.78. The number of carbonyl (C=O) groups excluding carboxylic acids is 1. The standard InChI is InChI=1S/C15H15ClF2N4O2S/c16-11-2-1-10(25-11)8-5-9(8)14(23)20-3-4-21-13(7-20)19-22(15(21)24)6-12(17)18/h1-2,8-9,12H,3-7H2/t8-,9-/m1/s1. The summed E-state index contributed by atoms with van der Waals surface area (Å²) in [7, 11) is 0. The van der Waals surface area contributed by atoms with Crippen LogP contribution in [0.5, 0.6) is 0 Å². The first kappa shape index (κ1) is 16.7. The Bertz CT molecular complexity index is 877. The van der Waals surface area contributed by atoms with Crippen molar-refractivity contribution in [1.29, 1.82) is 0 Å². The van der Waals surface area contributed by atoms with Crippen LogP contribution in [0.1, 0.15) is 23.0 Å². The fraction of sp³-hybridized carbons (Fsp3) is 0.533. The van der Waals surface area contributed by atoms with Gasteiger partial charge in [-0.25, -0.2) is 18.3 Å². The fourth-order valence-electron chi connectivity index (χ4n) is 3.28. The number of alkyl halides is 2. The summed E-state index contributed by atoms with van der Waals surface area (Å²) in [4.78, 5) is 27.5. The molecule has 0 bridgehead atoms. The highest BCUT2D eigenvalue weighted by atomic mass is 35.5. The molecule has 1 saturated carbocycles. The van der Waals surface area contributed by atoms with Gasteiger partial charge in [0, 0.05) is 29.8 Å². The normalized spacial score (nSPS) is 22.3. The number of hydrogen-bond donors (Lipinski definition) is 0. The monoisotopic (exact) mass is 388 g/mol. The van der Waals surface area contributed by atoms with Crippen LogP contribution in [0.25, 0.3) is 0 Å². The molecule has 0 unspecified atom stereocenters. The molecule has 0 aromatic carbocycles. The van der Waals surface area contributed by atoms with Gasteiger partial charge in [0.15, 0.2) is 5.82 Å². The lowest BCUT2D eigenvalue weighted by molar-refractivity contribution is -0.134. The number of thiophene rings is 1. The lowest BCUT2D eigenvalue weighted by Crippen LogP contribution is -2.41. The maximum atomic E-state index is 12.7. The van der Waals surface area contributed by atoms with Gasteiger partial charge in [0.2, 0.25) is 5.91 Å². The minimum atomic E-state index is -2.64. The molecule has 1 fully saturated rings. The van der Waals surface area contributed by atoms with E-state index < -0.39 is 18.7 Å². The molecule has 2 aromatic rings. The third kappa shape index (κ3) is 3.10. The maximum Gasteiger partial charge on any atom is 0.346 e. The number of nitrogens with zero attached hydrogens (tertiary/aromatic N) is 4. The minimum absolute atomic E-state index is 0.0247. The first-order chi connectivity index (χ1) is 11.9. The molecular formula is C15H15ClF2N4O2S. The van der Waals surface area contributed by atoms with Crippen molar-refractivity contribution in [3.8, 4) is 0 Å². The Labute approximate surface area is 150 Å². The van der Waals surface area contributed by atoms with E-state index in [9.17, 15) is 18.4 Å². The van der Waals surface area contributed by atoms with E-state index >= 15 is 0 Å². The fourth-order valence-corrected chi connectivity index (χ4v) is 4.52. The Balaban J connectivity index is 1.46. The van der Waals surface area contributed by atoms with Gasteiger partial charge in [-0.05, 0) is 18.6 Å². The van der Waals surface area contributed by atoms with Crippen LogP contribution in [0, 0.1) is 5.92 Å². The van der Waals surface area contributed by atoms with Crippen molar-refractivity contribution in [1.82, 2.24) is 19.2 Å². The number of aromatic nitrogens is 3. The zero-order chi connectivity index (χ0) is 17.7. The quantitative estimate of drug-likeness (QED) is 0.806. The van der Waals surface area contributed by atoms with Crippen molar-refractivity contribution in [3.63, 3.8) is 0 Å². The van der Waals surface area contributed by atoms with Crippen molar-refractivity contribution >= 4 is 28.8 Å². The first-order valence-corrected chi connectivity index (χ1v) is 9.12. The summed E-state index contributed by atoms with van der Waals surface area (Å²) < 4.78 is 27.9. The van der Waals surface area contributed by atoms with Gasteiger partial charge in [-0.15, -0.1) is 11.3 Å². The number of amides is 1. The molecule has 10 heteroatoms. The maximum absolute atomic E-state index is 12.7. The highest BCUT2D eigenvalue weighted by Gasteiger charge is 2.47. The second kappa shape index (κ2) is 6.21. The zero-order valence-corrected chi connectivity index (χ0v) is 14.6. The summed E-state index contributed by atoms with van der Waals surface area (Å²) in [5, 5.41) is 3.96. The molecule has 1 aliphatic carbocycles. The largest absolute Gasteiger partial charge is 0.346 e. The average molecular weight is 389 g/mol. The number of hydrogen-bond acceptors (Lipinski definition) is 4. The van der Waals surface area contributed by atoms with Crippen molar-refractivity contribution in [2.45, 2.75) is 38.4 Å². The van der Waals surface area contributed by atoms with Gasteiger partial charge in [0.05, 0.1) is 10.9 Å². The van der Waals surface area contributed by atoms with E-state index in [2.05, 4.69) is 5.10 Å². The summed E-state index contributed by atoms with van der Waals surface area (Å²) in [6.07, 6.45) is -1.85. The van der Waals surface area contributed by atoms with E-state index in [1.807, 2.05) is 12.1 Å². The molecule has 0 radical (unpaired) electrons. The second-order valence-corrected chi connectivity index (χ2v) is 8.02. The van der Waals surface area contributed by atoms with Gasteiger partial charge < -0.3 is 4.90 Å². The molecule has 2 atom stereocenters. The second-order valence-electron chi connectivity index (χ2n) is 6.27. The van der Waals surface area contributed by atoms with Gasteiger partial charge in [-0.3, -0.25) is 9.36 Å². The third-order valence-corrected chi connectivity index (χ3v) is 5.98. The van der Waals surface area contributed by atoms with Crippen molar-refractivity contribution in [3.05, 3.63) is 37.7 Å². The van der Waals surface area contributed by atoms with E-state index in [-0.39, 0.29) is 30.8 Å². The molecule has 2 aromatic heterocycles. The molecule has 134 valence electrons. The first-order valence-electron chi connectivity index (χ1n) is 7.92. The van der Waals surface area contributed by atoms with Gasteiger partial charge in [-0.2, -0.15) is 5.10 Å². The van der Waals surface area contributed by atoms with E-state index in [1.54, 1.807) is 4.90 Å². The molecule has 0 spiro atoms. The van der Waals surface area contributed by atoms with Crippen LogP contribution in [0.4, 0.5) is 8.78 Å². The van der Waals surface area contributed by atoms with E-state index in [1.165, 1.54) is 15.9 Å². The topological polar surface area (TPSA) is 60.1 Å². The SMILES string of the molecule is O=C([C@@H]1C[C@H]1c1ccc(Cl)s1)N1CCn2c(nn(CC(F)F)c2=O)C1. The number of halogens is 3. The van der Waals surface area contributed by atoms with Gasteiger partial charge >= 0.3 is 5.69 Å². The molecule has 3 heterocycles. The molecule has 1 aliphatic heterocycles. The van der Waals surface area contributed by atoms with Crippen LogP contribution in [0.15, 0.2) is 16.9 Å². The summed E-state index contributed by atoms with van der Waals surface area (Å²) in [5.41, 5.74) is -0.542. The predicted octanol–water partition coefficient (Wildman–Crippen LogP) is 2.17. The molecule has 25 heavy (non-hydrogen) atoms. The summed E-state index contributed by atoms with van der Waals surface area (Å²) in [6.45, 7) is 0.126. The molecule has 4 rings (SSSR count). The Morgan fingerprint density at radius 1 is 1.40 bits per heavy atom. The van der Waals surface area contributed by atoms with Crippen molar-refractivity contribution in [2.24, 2.45) is 5.92 Å². The molecule has 0 N–H and O–H groups in total. The number of fused-ring (bicyclic) bond motifs is 1.